The molecule has 0 aliphatic heterocycles. The SMILES string of the molecule is Cc1nc(Cc2ccccc2N)nc(C(C)C)n1. The summed E-state index contributed by atoms with van der Waals surface area (Å²) in [5.41, 5.74) is 7.77. The summed E-state index contributed by atoms with van der Waals surface area (Å²) in [5, 5.41) is 0. The standard InChI is InChI=1S/C14H18N4/c1-9(2)14-17-10(3)16-13(18-14)8-11-6-4-5-7-12(11)15/h4-7,9H,8,15H2,1-3H3. The van der Waals surface area contributed by atoms with E-state index in [-0.39, 0.29) is 0 Å². The molecule has 0 atom stereocenters. The Morgan fingerprint density at radius 3 is 2.50 bits per heavy atom. The Hall–Kier alpha value is -1.97. The van der Waals surface area contributed by atoms with Crippen LogP contribution in [0.15, 0.2) is 24.3 Å². The number of aromatic nitrogens is 3. The van der Waals surface area contributed by atoms with E-state index in [0.29, 0.717) is 12.3 Å². The molecule has 1 heterocycles. The van der Waals surface area contributed by atoms with E-state index in [1.807, 2.05) is 31.2 Å². The van der Waals surface area contributed by atoms with Crippen molar-refractivity contribution < 1.29 is 0 Å². The molecule has 0 amide bonds. The molecule has 1 aromatic carbocycles. The van der Waals surface area contributed by atoms with Gasteiger partial charge in [-0.1, -0.05) is 32.0 Å². The molecule has 18 heavy (non-hydrogen) atoms. The fourth-order valence-electron chi connectivity index (χ4n) is 1.76. The van der Waals surface area contributed by atoms with E-state index in [1.165, 1.54) is 0 Å². The first kappa shape index (κ1) is 12.5. The molecule has 4 heteroatoms. The minimum absolute atomic E-state index is 0.304. The Morgan fingerprint density at radius 1 is 1.11 bits per heavy atom. The van der Waals surface area contributed by atoms with Gasteiger partial charge in [-0.15, -0.1) is 0 Å². The van der Waals surface area contributed by atoms with Crippen molar-refractivity contribution in [3.63, 3.8) is 0 Å². The number of anilines is 1. The van der Waals surface area contributed by atoms with Gasteiger partial charge in [0.2, 0.25) is 0 Å². The van der Waals surface area contributed by atoms with Crippen molar-refractivity contribution in [3.8, 4) is 0 Å². The van der Waals surface area contributed by atoms with Gasteiger partial charge in [0.25, 0.3) is 0 Å². The van der Waals surface area contributed by atoms with Crippen LogP contribution in [0.5, 0.6) is 0 Å². The number of hydrogen-bond donors (Lipinski definition) is 1. The van der Waals surface area contributed by atoms with E-state index in [9.17, 15) is 0 Å². The molecular weight excluding hydrogens is 224 g/mol. The Kier molecular flexibility index (Phi) is 3.55. The first-order valence-corrected chi connectivity index (χ1v) is 6.11. The Balaban J connectivity index is 2.32. The number of rotatable bonds is 3. The first-order chi connectivity index (χ1) is 8.56. The van der Waals surface area contributed by atoms with Gasteiger partial charge in [0.05, 0.1) is 0 Å². The van der Waals surface area contributed by atoms with E-state index in [2.05, 4.69) is 28.8 Å². The normalized spacial score (nSPS) is 10.9. The van der Waals surface area contributed by atoms with Gasteiger partial charge in [-0.3, -0.25) is 0 Å². The van der Waals surface area contributed by atoms with Gasteiger partial charge in [-0.25, -0.2) is 15.0 Å². The molecule has 2 aromatic rings. The van der Waals surface area contributed by atoms with Gasteiger partial charge in [-0.2, -0.15) is 0 Å². The maximum absolute atomic E-state index is 5.93. The summed E-state index contributed by atoms with van der Waals surface area (Å²) >= 11 is 0. The molecule has 0 spiro atoms. The molecule has 0 saturated carbocycles. The summed E-state index contributed by atoms with van der Waals surface area (Å²) in [7, 11) is 0. The highest BCUT2D eigenvalue weighted by molar-refractivity contribution is 5.47. The summed E-state index contributed by atoms with van der Waals surface area (Å²) in [4.78, 5) is 13.2. The van der Waals surface area contributed by atoms with Crippen molar-refractivity contribution in [3.05, 3.63) is 47.3 Å². The topological polar surface area (TPSA) is 64.7 Å². The van der Waals surface area contributed by atoms with Gasteiger partial charge in [0, 0.05) is 18.0 Å². The lowest BCUT2D eigenvalue weighted by molar-refractivity contribution is 0.723. The number of hydrogen-bond acceptors (Lipinski definition) is 4. The molecule has 1 aromatic heterocycles. The van der Waals surface area contributed by atoms with Crippen molar-refractivity contribution in [2.24, 2.45) is 0 Å². The second kappa shape index (κ2) is 5.12. The summed E-state index contributed by atoms with van der Waals surface area (Å²) in [5.74, 6) is 2.69. The first-order valence-electron chi connectivity index (χ1n) is 6.11. The number of aryl methyl sites for hydroxylation is 1. The molecule has 2 rings (SSSR count). The molecular formula is C14H18N4. The van der Waals surface area contributed by atoms with Crippen molar-refractivity contribution in [2.45, 2.75) is 33.1 Å². The molecule has 2 N–H and O–H groups in total. The van der Waals surface area contributed by atoms with Crippen LogP contribution in [-0.4, -0.2) is 15.0 Å². The smallest absolute Gasteiger partial charge is 0.137 e. The third-order valence-corrected chi connectivity index (χ3v) is 2.73. The molecule has 4 nitrogen and oxygen atoms in total. The zero-order valence-electron chi connectivity index (χ0n) is 11.0. The zero-order valence-corrected chi connectivity index (χ0v) is 11.0. The Bertz CT molecular complexity index is 549. The average Bonchev–Trinajstić information content (AvgIpc) is 2.31. The lowest BCUT2D eigenvalue weighted by Crippen LogP contribution is -2.08. The minimum atomic E-state index is 0.304. The van der Waals surface area contributed by atoms with Crippen LogP contribution in [0, 0.1) is 6.92 Å². The van der Waals surface area contributed by atoms with Gasteiger partial charge < -0.3 is 5.73 Å². The minimum Gasteiger partial charge on any atom is -0.398 e. The van der Waals surface area contributed by atoms with E-state index < -0.39 is 0 Å². The third kappa shape index (κ3) is 2.83. The van der Waals surface area contributed by atoms with Crippen LogP contribution >= 0.6 is 0 Å². The highest BCUT2D eigenvalue weighted by Crippen LogP contribution is 2.15. The van der Waals surface area contributed by atoms with Gasteiger partial charge >= 0.3 is 0 Å². The fourth-order valence-corrected chi connectivity index (χ4v) is 1.76. The molecule has 0 saturated heterocycles. The number of nitrogens with zero attached hydrogens (tertiary/aromatic N) is 3. The van der Waals surface area contributed by atoms with Crippen LogP contribution < -0.4 is 5.73 Å². The van der Waals surface area contributed by atoms with E-state index in [4.69, 9.17) is 5.73 Å². The zero-order chi connectivity index (χ0) is 13.1. The second-order valence-corrected chi connectivity index (χ2v) is 4.69. The predicted molar refractivity (Wildman–Crippen MR) is 72.3 cm³/mol. The molecule has 94 valence electrons. The summed E-state index contributed by atoms with van der Waals surface area (Å²) < 4.78 is 0. The fraction of sp³-hybridized carbons (Fsp3) is 0.357. The molecule has 0 aliphatic carbocycles. The van der Waals surface area contributed by atoms with Crippen LogP contribution in [0.25, 0.3) is 0 Å². The molecule has 0 unspecified atom stereocenters. The van der Waals surface area contributed by atoms with Crippen molar-refractivity contribution >= 4 is 5.69 Å². The van der Waals surface area contributed by atoms with Crippen LogP contribution in [0.2, 0.25) is 0 Å². The second-order valence-electron chi connectivity index (χ2n) is 4.69. The maximum atomic E-state index is 5.93. The molecule has 0 radical (unpaired) electrons. The number of nitrogen functional groups attached to an aromatic ring is 1. The highest BCUT2D eigenvalue weighted by Gasteiger charge is 2.09. The number of benzene rings is 1. The van der Waals surface area contributed by atoms with Crippen LogP contribution in [0.1, 0.15) is 42.8 Å². The monoisotopic (exact) mass is 242 g/mol. The highest BCUT2D eigenvalue weighted by atomic mass is 15.0. The van der Waals surface area contributed by atoms with Gasteiger partial charge in [0.15, 0.2) is 0 Å². The Morgan fingerprint density at radius 2 is 1.83 bits per heavy atom. The lowest BCUT2D eigenvalue weighted by Gasteiger charge is -2.08. The van der Waals surface area contributed by atoms with Gasteiger partial charge in [0.1, 0.15) is 17.5 Å². The summed E-state index contributed by atoms with van der Waals surface area (Å²) in [6.07, 6.45) is 0.649. The summed E-state index contributed by atoms with van der Waals surface area (Å²) in [6.45, 7) is 6.05. The summed E-state index contributed by atoms with van der Waals surface area (Å²) in [6, 6.07) is 7.80. The molecule has 0 fully saturated rings. The maximum Gasteiger partial charge on any atom is 0.137 e. The van der Waals surface area contributed by atoms with E-state index >= 15 is 0 Å². The predicted octanol–water partition coefficient (Wildman–Crippen LogP) is 2.48. The van der Waals surface area contributed by atoms with Crippen LogP contribution in [0.3, 0.4) is 0 Å². The number of nitrogens with two attached hydrogens (primary N) is 1. The third-order valence-electron chi connectivity index (χ3n) is 2.73. The van der Waals surface area contributed by atoms with Crippen LogP contribution in [-0.2, 0) is 6.42 Å². The Labute approximate surface area is 107 Å². The number of para-hydroxylation sites is 1. The van der Waals surface area contributed by atoms with E-state index in [1.54, 1.807) is 0 Å². The van der Waals surface area contributed by atoms with Crippen molar-refractivity contribution in [1.29, 1.82) is 0 Å². The lowest BCUT2D eigenvalue weighted by atomic mass is 10.1. The molecule has 0 bridgehead atoms. The quantitative estimate of drug-likeness (QED) is 0.840. The van der Waals surface area contributed by atoms with Crippen LogP contribution in [0.4, 0.5) is 5.69 Å². The average molecular weight is 242 g/mol. The van der Waals surface area contributed by atoms with E-state index in [0.717, 1.165) is 28.7 Å². The van der Waals surface area contributed by atoms with Crippen molar-refractivity contribution in [2.75, 3.05) is 5.73 Å². The van der Waals surface area contributed by atoms with Crippen molar-refractivity contribution in [1.82, 2.24) is 15.0 Å². The van der Waals surface area contributed by atoms with Gasteiger partial charge in [-0.05, 0) is 18.6 Å². The largest absolute Gasteiger partial charge is 0.398 e. The molecule has 0 aliphatic rings.